The van der Waals surface area contributed by atoms with Gasteiger partial charge in [-0.3, -0.25) is 9.59 Å². The van der Waals surface area contributed by atoms with E-state index in [2.05, 4.69) is 13.8 Å². The molecule has 1 N–H and O–H groups in total. The molecule has 7 nitrogen and oxygen atoms in total. The van der Waals surface area contributed by atoms with E-state index in [9.17, 15) is 23.1 Å². The minimum atomic E-state index is -4.14. The van der Waals surface area contributed by atoms with E-state index < -0.39 is 34.1 Å². The number of hydrogen-bond acceptors (Lipinski definition) is 7. The maximum absolute atomic E-state index is 13.7. The highest BCUT2D eigenvalue weighted by atomic mass is 32.3. The number of ketones is 2. The number of aliphatic hydroxyl groups excluding tert-OH is 1. The molecule has 0 radical (unpaired) electrons. The summed E-state index contributed by atoms with van der Waals surface area (Å²) < 4.78 is 33.1. The number of carbonyl (C=O) groups is 2. The largest absolute Gasteiger partial charge is 0.405 e. The van der Waals surface area contributed by atoms with Gasteiger partial charge in [-0.15, -0.1) is 0 Å². The van der Waals surface area contributed by atoms with Gasteiger partial charge in [0.05, 0.1) is 17.4 Å². The zero-order valence-electron chi connectivity index (χ0n) is 30.3. The van der Waals surface area contributed by atoms with Gasteiger partial charge in [-0.05, 0) is 26.7 Å². The Morgan fingerprint density at radius 3 is 1.07 bits per heavy atom. The Kier molecular flexibility index (Phi) is 24.5. The number of hydrogen-bond donors (Lipinski definition) is 1. The van der Waals surface area contributed by atoms with Crippen LogP contribution in [0.15, 0.2) is 0 Å². The van der Waals surface area contributed by atoms with Gasteiger partial charge in [0, 0.05) is 12.8 Å². The summed E-state index contributed by atoms with van der Waals surface area (Å²) in [5.74, 6) is -1.59. The van der Waals surface area contributed by atoms with Crippen molar-refractivity contribution in [3.05, 3.63) is 0 Å². The molecular weight excluding hydrogens is 600 g/mol. The molecule has 8 heteroatoms. The van der Waals surface area contributed by atoms with Crippen molar-refractivity contribution in [1.29, 1.82) is 0 Å². The Hall–Kier alpha value is -0.830. The van der Waals surface area contributed by atoms with E-state index in [1.54, 1.807) is 6.92 Å². The number of aliphatic hydroxyl groups is 1. The van der Waals surface area contributed by atoms with Crippen molar-refractivity contribution in [2.24, 2.45) is 11.3 Å². The molecule has 0 aromatic carbocycles. The Balaban J connectivity index is 2.47. The molecule has 0 aromatic rings. The highest BCUT2D eigenvalue weighted by Crippen LogP contribution is 2.43. The first kappa shape index (κ1) is 43.2. The lowest BCUT2D eigenvalue weighted by Crippen LogP contribution is -2.57. The molecule has 0 spiro atoms. The first-order valence-electron chi connectivity index (χ1n) is 19.5. The standard InChI is InChI=1S/C38H72O7S/c1-5-7-9-11-13-15-17-19-21-23-25-27-29-31-34(40)38(4,36(33(3)39)37-44-46(42,43)45-37)35(41)32-30-28-26-24-22-20-18-16-14-12-10-8-6-2/h33,36-37,39H,5-32H2,1-4H3. The average molecular weight is 673 g/mol. The van der Waals surface area contributed by atoms with Crippen molar-refractivity contribution in [2.75, 3.05) is 0 Å². The third kappa shape index (κ3) is 18.1. The molecule has 1 aliphatic rings. The van der Waals surface area contributed by atoms with Crippen LogP contribution < -0.4 is 0 Å². The fourth-order valence-corrected chi connectivity index (χ4v) is 7.71. The maximum atomic E-state index is 13.7. The topological polar surface area (TPSA) is 107 Å². The van der Waals surface area contributed by atoms with Crippen molar-refractivity contribution in [3.63, 3.8) is 0 Å². The molecule has 1 fully saturated rings. The van der Waals surface area contributed by atoms with Crippen LogP contribution in [0.1, 0.15) is 207 Å². The lowest BCUT2D eigenvalue weighted by Gasteiger charge is -2.43. The molecule has 46 heavy (non-hydrogen) atoms. The molecular formula is C38H72O7S. The van der Waals surface area contributed by atoms with Gasteiger partial charge in [-0.1, -0.05) is 168 Å². The third-order valence-corrected chi connectivity index (χ3v) is 10.9. The molecule has 1 saturated heterocycles. The lowest BCUT2D eigenvalue weighted by molar-refractivity contribution is -0.185. The molecule has 0 amide bonds. The summed E-state index contributed by atoms with van der Waals surface area (Å²) in [5, 5.41) is 10.7. The summed E-state index contributed by atoms with van der Waals surface area (Å²) in [6, 6.07) is 0. The monoisotopic (exact) mass is 672 g/mol. The molecule has 1 heterocycles. The molecule has 0 saturated carbocycles. The fourth-order valence-electron chi connectivity index (χ4n) is 6.99. The molecule has 0 aromatic heterocycles. The fraction of sp³-hybridized carbons (Fsp3) is 0.947. The van der Waals surface area contributed by atoms with E-state index in [1.165, 1.54) is 122 Å². The smallest absolute Gasteiger partial charge is 0.393 e. The number of carbonyl (C=O) groups excluding carboxylic acids is 2. The normalized spacial score (nSPS) is 16.3. The van der Waals surface area contributed by atoms with Gasteiger partial charge in [0.2, 0.25) is 6.29 Å². The first-order chi connectivity index (χ1) is 22.1. The Labute approximate surface area is 284 Å². The number of Topliss-reactive ketones (excluding diaryl/α,β-unsaturated/α-hetero) is 2. The van der Waals surface area contributed by atoms with Crippen LogP contribution in [0.5, 0.6) is 0 Å². The number of unbranched alkanes of at least 4 members (excludes halogenated alkanes) is 24. The van der Waals surface area contributed by atoms with Crippen molar-refractivity contribution < 1.29 is 31.5 Å². The minimum absolute atomic E-state index is 0.224. The van der Waals surface area contributed by atoms with Crippen LogP contribution in [0, 0.1) is 11.3 Å². The Morgan fingerprint density at radius 2 is 0.826 bits per heavy atom. The van der Waals surface area contributed by atoms with E-state index in [1.807, 2.05) is 0 Å². The van der Waals surface area contributed by atoms with Gasteiger partial charge >= 0.3 is 10.4 Å². The highest BCUT2D eigenvalue weighted by Gasteiger charge is 2.57. The van der Waals surface area contributed by atoms with E-state index in [0.29, 0.717) is 12.8 Å². The zero-order chi connectivity index (χ0) is 34.1. The average Bonchev–Trinajstić information content (AvgIpc) is 3.00. The summed E-state index contributed by atoms with van der Waals surface area (Å²) in [4.78, 5) is 27.4. The first-order valence-corrected chi connectivity index (χ1v) is 20.8. The van der Waals surface area contributed by atoms with Crippen LogP contribution in [0.4, 0.5) is 0 Å². The summed E-state index contributed by atoms with van der Waals surface area (Å²) in [5.41, 5.74) is -1.57. The third-order valence-electron chi connectivity index (χ3n) is 10.1. The van der Waals surface area contributed by atoms with E-state index in [4.69, 9.17) is 8.37 Å². The molecule has 2 atom stereocenters. The summed E-state index contributed by atoms with van der Waals surface area (Å²) in [7, 11) is -4.14. The zero-order valence-corrected chi connectivity index (χ0v) is 31.2. The number of rotatable bonds is 33. The van der Waals surface area contributed by atoms with Gasteiger partial charge in [0.15, 0.2) is 0 Å². The summed E-state index contributed by atoms with van der Waals surface area (Å²) in [6.07, 6.45) is 29.1. The predicted molar refractivity (Wildman–Crippen MR) is 189 cm³/mol. The SMILES string of the molecule is CCCCCCCCCCCCCCCC(=O)C(C)(C(=O)CCCCCCCCCCCCCCC)C(C(C)O)C1OS(=O)(=O)O1. The van der Waals surface area contributed by atoms with Gasteiger partial charge in [-0.25, -0.2) is 8.37 Å². The Bertz CT molecular complexity index is 831. The van der Waals surface area contributed by atoms with Crippen LogP contribution in [0.3, 0.4) is 0 Å². The predicted octanol–water partition coefficient (Wildman–Crippen LogP) is 10.7. The molecule has 272 valence electrons. The molecule has 1 rings (SSSR count). The molecule has 2 unspecified atom stereocenters. The van der Waals surface area contributed by atoms with E-state index >= 15 is 0 Å². The van der Waals surface area contributed by atoms with Crippen LogP contribution >= 0.6 is 0 Å². The van der Waals surface area contributed by atoms with Crippen LogP contribution in [-0.2, 0) is 28.4 Å². The maximum Gasteiger partial charge on any atom is 0.405 e. The summed E-state index contributed by atoms with van der Waals surface area (Å²) in [6.45, 7) is 7.53. The van der Waals surface area contributed by atoms with Crippen molar-refractivity contribution in [3.8, 4) is 0 Å². The van der Waals surface area contributed by atoms with Crippen LogP contribution in [0.25, 0.3) is 0 Å². The van der Waals surface area contributed by atoms with Gasteiger partial charge in [0.1, 0.15) is 11.6 Å². The second-order valence-electron chi connectivity index (χ2n) is 14.3. The van der Waals surface area contributed by atoms with Crippen molar-refractivity contribution in [2.45, 2.75) is 220 Å². The second kappa shape index (κ2) is 26.1. The lowest BCUT2D eigenvalue weighted by atomic mass is 9.66. The summed E-state index contributed by atoms with van der Waals surface area (Å²) >= 11 is 0. The molecule has 0 bridgehead atoms. The highest BCUT2D eigenvalue weighted by molar-refractivity contribution is 7.82. The van der Waals surface area contributed by atoms with E-state index in [0.717, 1.165) is 38.5 Å². The van der Waals surface area contributed by atoms with Crippen LogP contribution in [-0.4, -0.2) is 37.5 Å². The minimum Gasteiger partial charge on any atom is -0.393 e. The van der Waals surface area contributed by atoms with Gasteiger partial charge < -0.3 is 5.11 Å². The van der Waals surface area contributed by atoms with Gasteiger partial charge in [0.25, 0.3) is 0 Å². The van der Waals surface area contributed by atoms with E-state index in [-0.39, 0.29) is 24.4 Å². The molecule has 0 aliphatic carbocycles. The van der Waals surface area contributed by atoms with Crippen LogP contribution in [0.2, 0.25) is 0 Å². The van der Waals surface area contributed by atoms with Crippen molar-refractivity contribution in [1.82, 2.24) is 0 Å². The van der Waals surface area contributed by atoms with Crippen molar-refractivity contribution >= 4 is 22.0 Å². The van der Waals surface area contributed by atoms with Gasteiger partial charge in [-0.2, -0.15) is 8.42 Å². The second-order valence-corrected chi connectivity index (χ2v) is 15.5. The molecule has 1 aliphatic heterocycles. The quantitative estimate of drug-likeness (QED) is 0.0546. The Morgan fingerprint density at radius 1 is 0.565 bits per heavy atom.